The first-order valence-electron chi connectivity index (χ1n) is 4.51. The number of hydrogen-bond acceptors (Lipinski definition) is 2. The van der Waals surface area contributed by atoms with Gasteiger partial charge in [-0.05, 0) is 18.2 Å². The predicted octanol–water partition coefficient (Wildman–Crippen LogP) is 2.26. The maximum Gasteiger partial charge on any atom is 0.152 e. The van der Waals surface area contributed by atoms with E-state index in [0.29, 0.717) is 11.3 Å². The minimum absolute atomic E-state index is 0.533. The first-order chi connectivity index (χ1) is 7.35. The number of thiol groups is 1. The van der Waals surface area contributed by atoms with Crippen LogP contribution in [0.1, 0.15) is 15.9 Å². The fourth-order valence-electron chi connectivity index (χ4n) is 1.46. The number of hydrogen-bond donors (Lipinski definition) is 2. The SMILES string of the molecule is O=Cc1c[nH]c2ccc(C#CCS)cc12. The lowest BCUT2D eigenvalue weighted by atomic mass is 10.1. The average Bonchev–Trinajstić information content (AvgIpc) is 2.68. The molecule has 1 aromatic heterocycles. The Morgan fingerprint density at radius 2 is 2.33 bits per heavy atom. The topological polar surface area (TPSA) is 32.9 Å². The number of aromatic amines is 1. The molecule has 0 aliphatic carbocycles. The van der Waals surface area contributed by atoms with E-state index >= 15 is 0 Å². The smallest absolute Gasteiger partial charge is 0.152 e. The second-order valence-electron chi connectivity index (χ2n) is 3.08. The average molecular weight is 215 g/mol. The van der Waals surface area contributed by atoms with E-state index in [9.17, 15) is 4.79 Å². The summed E-state index contributed by atoms with van der Waals surface area (Å²) in [6.07, 6.45) is 2.54. The summed E-state index contributed by atoms with van der Waals surface area (Å²) < 4.78 is 0. The van der Waals surface area contributed by atoms with Crippen LogP contribution in [0.15, 0.2) is 24.4 Å². The molecule has 0 saturated heterocycles. The van der Waals surface area contributed by atoms with E-state index in [1.807, 2.05) is 18.2 Å². The highest BCUT2D eigenvalue weighted by Crippen LogP contribution is 2.17. The number of H-pyrrole nitrogens is 1. The van der Waals surface area contributed by atoms with Crippen LogP contribution >= 0.6 is 12.6 Å². The van der Waals surface area contributed by atoms with Gasteiger partial charge in [0, 0.05) is 28.2 Å². The van der Waals surface area contributed by atoms with Gasteiger partial charge in [0.15, 0.2) is 6.29 Å². The van der Waals surface area contributed by atoms with Crippen LogP contribution in [0.25, 0.3) is 10.9 Å². The number of carbonyl (C=O) groups excluding carboxylic acids is 1. The van der Waals surface area contributed by atoms with Crippen molar-refractivity contribution in [1.82, 2.24) is 4.98 Å². The summed E-state index contributed by atoms with van der Waals surface area (Å²) in [7, 11) is 0. The summed E-state index contributed by atoms with van der Waals surface area (Å²) in [5, 5.41) is 0.913. The lowest BCUT2D eigenvalue weighted by molar-refractivity contribution is 0.112. The second-order valence-corrected chi connectivity index (χ2v) is 3.40. The van der Waals surface area contributed by atoms with E-state index in [4.69, 9.17) is 0 Å². The molecule has 0 saturated carbocycles. The summed E-state index contributed by atoms with van der Waals surface area (Å²) in [5.41, 5.74) is 2.52. The van der Waals surface area contributed by atoms with Gasteiger partial charge in [-0.2, -0.15) is 12.6 Å². The zero-order chi connectivity index (χ0) is 10.7. The van der Waals surface area contributed by atoms with E-state index in [1.54, 1.807) is 6.20 Å². The van der Waals surface area contributed by atoms with Crippen molar-refractivity contribution in [2.24, 2.45) is 0 Å². The summed E-state index contributed by atoms with van der Waals surface area (Å²) in [6, 6.07) is 5.75. The van der Waals surface area contributed by atoms with Crippen LogP contribution in [0, 0.1) is 11.8 Å². The number of nitrogens with one attached hydrogen (secondary N) is 1. The quantitative estimate of drug-likeness (QED) is 0.427. The maximum atomic E-state index is 10.7. The molecule has 0 amide bonds. The molecule has 0 aliphatic heterocycles. The highest BCUT2D eigenvalue weighted by Gasteiger charge is 2.02. The van der Waals surface area contributed by atoms with Gasteiger partial charge in [-0.15, -0.1) is 0 Å². The van der Waals surface area contributed by atoms with E-state index < -0.39 is 0 Å². The van der Waals surface area contributed by atoms with Crippen LogP contribution in [-0.4, -0.2) is 17.0 Å². The zero-order valence-corrected chi connectivity index (χ0v) is 8.84. The van der Waals surface area contributed by atoms with Gasteiger partial charge in [0.1, 0.15) is 0 Å². The number of carbonyl (C=O) groups is 1. The molecule has 0 unspecified atom stereocenters. The Labute approximate surface area is 93.1 Å². The fourth-order valence-corrected chi connectivity index (χ4v) is 1.54. The standard InChI is InChI=1S/C12H9NOS/c14-8-10-7-13-12-4-3-9(2-1-5-15)6-11(10)12/h3-4,6-8,13,15H,5H2. The third-order valence-electron chi connectivity index (χ3n) is 2.15. The minimum Gasteiger partial charge on any atom is -0.360 e. The van der Waals surface area contributed by atoms with Crippen molar-refractivity contribution in [2.45, 2.75) is 0 Å². The van der Waals surface area contributed by atoms with Crippen LogP contribution in [0.4, 0.5) is 0 Å². The highest BCUT2D eigenvalue weighted by molar-refractivity contribution is 7.80. The minimum atomic E-state index is 0.533. The molecule has 0 radical (unpaired) electrons. The largest absolute Gasteiger partial charge is 0.360 e. The van der Waals surface area contributed by atoms with Gasteiger partial charge in [0.2, 0.25) is 0 Å². The van der Waals surface area contributed by atoms with E-state index in [2.05, 4.69) is 29.5 Å². The van der Waals surface area contributed by atoms with Crippen molar-refractivity contribution >= 4 is 29.8 Å². The third kappa shape index (κ3) is 1.90. The molecule has 0 aliphatic rings. The molecule has 0 bridgehead atoms. The molecule has 1 aromatic carbocycles. The molecule has 0 spiro atoms. The molecule has 2 nitrogen and oxygen atoms in total. The van der Waals surface area contributed by atoms with E-state index in [1.165, 1.54) is 0 Å². The van der Waals surface area contributed by atoms with Gasteiger partial charge in [0.25, 0.3) is 0 Å². The van der Waals surface area contributed by atoms with Gasteiger partial charge in [-0.25, -0.2) is 0 Å². The molecule has 1 N–H and O–H groups in total. The summed E-state index contributed by atoms with van der Waals surface area (Å²) in [5.74, 6) is 6.38. The normalized spacial score (nSPS) is 9.67. The lowest BCUT2D eigenvalue weighted by Gasteiger charge is -1.92. The zero-order valence-electron chi connectivity index (χ0n) is 7.95. The van der Waals surface area contributed by atoms with Crippen molar-refractivity contribution in [2.75, 3.05) is 5.75 Å². The Morgan fingerprint density at radius 3 is 3.07 bits per heavy atom. The molecule has 0 atom stereocenters. The summed E-state index contributed by atoms with van der Waals surface area (Å²) >= 11 is 4.01. The van der Waals surface area contributed by atoms with Crippen LogP contribution in [0.5, 0.6) is 0 Å². The van der Waals surface area contributed by atoms with Gasteiger partial charge in [-0.1, -0.05) is 11.8 Å². The molecule has 3 heteroatoms. The van der Waals surface area contributed by atoms with Crippen LogP contribution in [0.3, 0.4) is 0 Å². The van der Waals surface area contributed by atoms with Crippen molar-refractivity contribution in [3.63, 3.8) is 0 Å². The van der Waals surface area contributed by atoms with Gasteiger partial charge < -0.3 is 4.98 Å². The third-order valence-corrected chi connectivity index (χ3v) is 2.31. The first-order valence-corrected chi connectivity index (χ1v) is 5.14. The van der Waals surface area contributed by atoms with Crippen LogP contribution in [-0.2, 0) is 0 Å². The fraction of sp³-hybridized carbons (Fsp3) is 0.0833. The number of aromatic nitrogens is 1. The Morgan fingerprint density at radius 1 is 1.47 bits per heavy atom. The number of benzene rings is 1. The number of aldehydes is 1. The van der Waals surface area contributed by atoms with Crippen molar-refractivity contribution < 1.29 is 4.79 Å². The molecule has 15 heavy (non-hydrogen) atoms. The van der Waals surface area contributed by atoms with Crippen molar-refractivity contribution in [3.8, 4) is 11.8 Å². The van der Waals surface area contributed by atoms with Crippen LogP contribution < -0.4 is 0 Å². The Bertz CT molecular complexity index is 560. The Kier molecular flexibility index (Phi) is 2.79. The van der Waals surface area contributed by atoms with Gasteiger partial charge >= 0.3 is 0 Å². The molecular weight excluding hydrogens is 206 g/mol. The van der Waals surface area contributed by atoms with Crippen molar-refractivity contribution in [1.29, 1.82) is 0 Å². The van der Waals surface area contributed by atoms with Crippen molar-refractivity contribution in [3.05, 3.63) is 35.5 Å². The van der Waals surface area contributed by atoms with E-state index in [-0.39, 0.29) is 0 Å². The molecule has 2 aromatic rings. The molecular formula is C12H9NOS. The van der Waals surface area contributed by atoms with Gasteiger partial charge in [-0.3, -0.25) is 4.79 Å². The monoisotopic (exact) mass is 215 g/mol. The Balaban J connectivity index is 2.57. The molecule has 1 heterocycles. The molecule has 74 valence electrons. The Hall–Kier alpha value is -1.66. The molecule has 2 rings (SSSR count). The number of fused-ring (bicyclic) bond motifs is 1. The predicted molar refractivity (Wildman–Crippen MR) is 64.4 cm³/mol. The summed E-state index contributed by atoms with van der Waals surface area (Å²) in [4.78, 5) is 13.8. The van der Waals surface area contributed by atoms with E-state index in [0.717, 1.165) is 22.8 Å². The molecule has 0 fully saturated rings. The lowest BCUT2D eigenvalue weighted by Crippen LogP contribution is -1.78. The highest BCUT2D eigenvalue weighted by atomic mass is 32.1. The first kappa shape index (κ1) is 9.88. The van der Waals surface area contributed by atoms with Gasteiger partial charge in [0.05, 0.1) is 5.75 Å². The second kappa shape index (κ2) is 4.24. The summed E-state index contributed by atoms with van der Waals surface area (Å²) in [6.45, 7) is 0. The maximum absolute atomic E-state index is 10.7. The number of rotatable bonds is 1. The van der Waals surface area contributed by atoms with Crippen LogP contribution in [0.2, 0.25) is 0 Å².